The second-order valence-corrected chi connectivity index (χ2v) is 7.05. The van der Waals surface area contributed by atoms with E-state index in [2.05, 4.69) is 15.5 Å². The molecule has 0 saturated heterocycles. The number of nitrogens with one attached hydrogen (secondary N) is 2. The Morgan fingerprint density at radius 2 is 2.00 bits per heavy atom. The summed E-state index contributed by atoms with van der Waals surface area (Å²) >= 11 is 0. The zero-order chi connectivity index (χ0) is 20.5. The second kappa shape index (κ2) is 7.50. The van der Waals surface area contributed by atoms with Gasteiger partial charge in [-0.15, -0.1) is 0 Å². The SMILES string of the molecule is COc1c(C(=O)NC2CC2)ccc2[nH]nc(C=Cc3ccc(F)c(C(C)=O)c3)c12. The van der Waals surface area contributed by atoms with Gasteiger partial charge in [-0.25, -0.2) is 4.39 Å². The van der Waals surface area contributed by atoms with Gasteiger partial charge in [-0.2, -0.15) is 5.10 Å². The molecule has 148 valence electrons. The molecule has 0 spiro atoms. The van der Waals surface area contributed by atoms with Crippen molar-refractivity contribution in [2.45, 2.75) is 25.8 Å². The number of ether oxygens (including phenoxy) is 1. The molecule has 0 radical (unpaired) electrons. The van der Waals surface area contributed by atoms with Crippen LogP contribution in [0.3, 0.4) is 0 Å². The molecule has 1 fully saturated rings. The molecule has 2 N–H and O–H groups in total. The quantitative estimate of drug-likeness (QED) is 0.621. The second-order valence-electron chi connectivity index (χ2n) is 7.05. The fourth-order valence-corrected chi connectivity index (χ4v) is 3.20. The lowest BCUT2D eigenvalue weighted by Gasteiger charge is -2.10. The number of methoxy groups -OCH3 is 1. The Bertz CT molecular complexity index is 1150. The first kappa shape index (κ1) is 18.9. The molecule has 1 amide bonds. The number of hydrogen-bond donors (Lipinski definition) is 2. The number of rotatable bonds is 6. The third kappa shape index (κ3) is 3.76. The lowest BCUT2D eigenvalue weighted by atomic mass is 10.0. The van der Waals surface area contributed by atoms with Gasteiger partial charge in [0.25, 0.3) is 5.91 Å². The molecule has 0 unspecified atom stereocenters. The molecule has 7 heteroatoms. The minimum Gasteiger partial charge on any atom is -0.495 e. The van der Waals surface area contributed by atoms with Crippen molar-refractivity contribution in [1.82, 2.24) is 15.5 Å². The summed E-state index contributed by atoms with van der Waals surface area (Å²) in [5.41, 5.74) is 2.45. The molecule has 1 aliphatic rings. The first-order chi connectivity index (χ1) is 14.0. The molecule has 1 heterocycles. The maximum absolute atomic E-state index is 13.7. The van der Waals surface area contributed by atoms with E-state index in [9.17, 15) is 14.0 Å². The van der Waals surface area contributed by atoms with Gasteiger partial charge in [0, 0.05) is 6.04 Å². The lowest BCUT2D eigenvalue weighted by molar-refractivity contribution is 0.0947. The standard InChI is InChI=1S/C22H20FN3O3/c1-12(27)16-11-13(3-8-17(16)23)4-9-18-20-19(26-25-18)10-7-15(21(20)29-2)22(28)24-14-5-6-14/h3-4,7-11,14H,5-6H2,1-2H3,(H,24,28)(H,25,26). The number of benzene rings is 2. The number of carbonyl (C=O) groups excluding carboxylic acids is 2. The van der Waals surface area contributed by atoms with Gasteiger partial charge in [0.15, 0.2) is 5.78 Å². The fourth-order valence-electron chi connectivity index (χ4n) is 3.20. The van der Waals surface area contributed by atoms with E-state index in [-0.39, 0.29) is 23.3 Å². The number of amides is 1. The van der Waals surface area contributed by atoms with Crippen LogP contribution >= 0.6 is 0 Å². The van der Waals surface area contributed by atoms with Crippen LogP contribution in [0.25, 0.3) is 23.1 Å². The van der Waals surface area contributed by atoms with Crippen LogP contribution in [0, 0.1) is 5.82 Å². The van der Waals surface area contributed by atoms with Crippen molar-refractivity contribution >= 4 is 34.7 Å². The largest absolute Gasteiger partial charge is 0.495 e. The van der Waals surface area contributed by atoms with Crippen molar-refractivity contribution in [3.8, 4) is 5.75 Å². The number of Topliss-reactive ketones (excluding diaryl/α,β-unsaturated/α-hetero) is 1. The molecular formula is C22H20FN3O3. The Morgan fingerprint density at radius 1 is 1.21 bits per heavy atom. The molecule has 1 aliphatic carbocycles. The number of aromatic nitrogens is 2. The zero-order valence-corrected chi connectivity index (χ0v) is 16.1. The van der Waals surface area contributed by atoms with Crippen LogP contribution in [-0.2, 0) is 0 Å². The predicted molar refractivity (Wildman–Crippen MR) is 108 cm³/mol. The molecule has 6 nitrogen and oxygen atoms in total. The van der Waals surface area contributed by atoms with E-state index >= 15 is 0 Å². The van der Waals surface area contributed by atoms with Gasteiger partial charge in [-0.05, 0) is 55.7 Å². The average Bonchev–Trinajstić information content (AvgIpc) is 3.42. The van der Waals surface area contributed by atoms with Crippen LogP contribution in [0.4, 0.5) is 4.39 Å². The van der Waals surface area contributed by atoms with Gasteiger partial charge in [-0.1, -0.05) is 12.1 Å². The molecule has 3 aromatic rings. The van der Waals surface area contributed by atoms with Crippen LogP contribution in [0.1, 0.15) is 51.7 Å². The molecule has 0 bridgehead atoms. The van der Waals surface area contributed by atoms with Gasteiger partial charge in [0.2, 0.25) is 0 Å². The Morgan fingerprint density at radius 3 is 2.69 bits per heavy atom. The summed E-state index contributed by atoms with van der Waals surface area (Å²) in [5, 5.41) is 10.9. The van der Waals surface area contributed by atoms with Crippen molar-refractivity contribution < 1.29 is 18.7 Å². The van der Waals surface area contributed by atoms with E-state index in [1.54, 1.807) is 30.4 Å². The molecular weight excluding hydrogens is 373 g/mol. The maximum Gasteiger partial charge on any atom is 0.255 e. The van der Waals surface area contributed by atoms with E-state index in [4.69, 9.17) is 4.74 Å². The lowest BCUT2D eigenvalue weighted by Crippen LogP contribution is -2.25. The van der Waals surface area contributed by atoms with Crippen molar-refractivity contribution in [3.63, 3.8) is 0 Å². The topological polar surface area (TPSA) is 84.1 Å². The highest BCUT2D eigenvalue weighted by atomic mass is 19.1. The molecule has 1 aromatic heterocycles. The highest BCUT2D eigenvalue weighted by Gasteiger charge is 2.26. The van der Waals surface area contributed by atoms with E-state index < -0.39 is 5.82 Å². The predicted octanol–water partition coefficient (Wildman–Crippen LogP) is 3.98. The molecule has 0 aliphatic heterocycles. The summed E-state index contributed by atoms with van der Waals surface area (Å²) in [7, 11) is 1.52. The zero-order valence-electron chi connectivity index (χ0n) is 16.1. The first-order valence-electron chi connectivity index (χ1n) is 9.32. The first-order valence-corrected chi connectivity index (χ1v) is 9.32. The smallest absolute Gasteiger partial charge is 0.255 e. The van der Waals surface area contributed by atoms with Gasteiger partial charge in [0.05, 0.1) is 34.8 Å². The van der Waals surface area contributed by atoms with Crippen molar-refractivity contribution in [1.29, 1.82) is 0 Å². The number of ketones is 1. The highest BCUT2D eigenvalue weighted by molar-refractivity contribution is 6.05. The minimum absolute atomic E-state index is 0.0376. The van der Waals surface area contributed by atoms with Crippen LogP contribution in [0.2, 0.25) is 0 Å². The third-order valence-corrected chi connectivity index (χ3v) is 4.88. The summed E-state index contributed by atoms with van der Waals surface area (Å²) < 4.78 is 19.3. The van der Waals surface area contributed by atoms with Crippen LogP contribution in [0.5, 0.6) is 5.75 Å². The van der Waals surface area contributed by atoms with Gasteiger partial charge < -0.3 is 10.1 Å². The molecule has 0 atom stereocenters. The third-order valence-electron chi connectivity index (χ3n) is 4.88. The van der Waals surface area contributed by atoms with Crippen molar-refractivity contribution in [2.75, 3.05) is 7.11 Å². The van der Waals surface area contributed by atoms with Crippen molar-refractivity contribution in [2.24, 2.45) is 0 Å². The van der Waals surface area contributed by atoms with Crippen LogP contribution < -0.4 is 10.1 Å². The van der Waals surface area contributed by atoms with Crippen LogP contribution in [0.15, 0.2) is 30.3 Å². The maximum atomic E-state index is 13.7. The van der Waals surface area contributed by atoms with E-state index in [0.29, 0.717) is 28.0 Å². The summed E-state index contributed by atoms with van der Waals surface area (Å²) in [4.78, 5) is 24.1. The number of fused-ring (bicyclic) bond motifs is 1. The number of aromatic amines is 1. The monoisotopic (exact) mass is 393 g/mol. The number of halogens is 1. The highest BCUT2D eigenvalue weighted by Crippen LogP contribution is 2.33. The van der Waals surface area contributed by atoms with Gasteiger partial charge in [-0.3, -0.25) is 14.7 Å². The minimum atomic E-state index is -0.548. The summed E-state index contributed by atoms with van der Waals surface area (Å²) in [5.74, 6) is -0.617. The van der Waals surface area contributed by atoms with Gasteiger partial charge >= 0.3 is 0 Å². The number of H-pyrrole nitrogens is 1. The van der Waals surface area contributed by atoms with E-state index in [1.807, 2.05) is 0 Å². The molecule has 4 rings (SSSR count). The van der Waals surface area contributed by atoms with E-state index in [1.165, 1.54) is 26.2 Å². The average molecular weight is 393 g/mol. The number of nitrogens with zero attached hydrogens (tertiary/aromatic N) is 1. The Kier molecular flexibility index (Phi) is 4.88. The summed E-state index contributed by atoms with van der Waals surface area (Å²) in [6.45, 7) is 1.33. The summed E-state index contributed by atoms with van der Waals surface area (Å²) in [6, 6.07) is 8.08. The Balaban J connectivity index is 1.72. The molecule has 2 aromatic carbocycles. The summed E-state index contributed by atoms with van der Waals surface area (Å²) in [6.07, 6.45) is 5.46. The number of hydrogen-bond acceptors (Lipinski definition) is 4. The van der Waals surface area contributed by atoms with Crippen molar-refractivity contribution in [3.05, 3.63) is 58.5 Å². The molecule has 29 heavy (non-hydrogen) atoms. The number of carbonyl (C=O) groups is 2. The fraction of sp³-hybridized carbons (Fsp3) is 0.227. The van der Waals surface area contributed by atoms with E-state index in [0.717, 1.165) is 18.4 Å². The van der Waals surface area contributed by atoms with Crippen LogP contribution in [-0.4, -0.2) is 35.0 Å². The Labute approximate surface area is 166 Å². The van der Waals surface area contributed by atoms with Gasteiger partial charge in [0.1, 0.15) is 11.6 Å². The molecule has 1 saturated carbocycles. The Hall–Kier alpha value is -3.48. The normalized spacial score (nSPS) is 13.8.